The van der Waals surface area contributed by atoms with Gasteiger partial charge >= 0.3 is 0 Å². The second-order valence-electron chi connectivity index (χ2n) is 4.16. The standard InChI is InChI=1S/C13H18Cl2N2O2/c1-3-16-9(2)7-17-13(18)8-19-12-5-10(14)4-11(15)6-12/h4-6,9,16H,3,7-8H2,1-2H3,(H,17,18)/t9-/m1/s1. The van der Waals surface area contributed by atoms with E-state index in [9.17, 15) is 4.79 Å². The summed E-state index contributed by atoms with van der Waals surface area (Å²) in [6.07, 6.45) is 0. The number of carbonyl (C=O) groups is 1. The van der Waals surface area contributed by atoms with Gasteiger partial charge < -0.3 is 15.4 Å². The van der Waals surface area contributed by atoms with Crippen LogP contribution in [0.2, 0.25) is 10.0 Å². The summed E-state index contributed by atoms with van der Waals surface area (Å²) in [5.41, 5.74) is 0. The number of ether oxygens (including phenoxy) is 1. The Labute approximate surface area is 123 Å². The second-order valence-corrected chi connectivity index (χ2v) is 5.03. The third-order valence-corrected chi connectivity index (χ3v) is 2.80. The lowest BCUT2D eigenvalue weighted by Crippen LogP contribution is -2.40. The molecule has 0 bridgehead atoms. The van der Waals surface area contributed by atoms with Gasteiger partial charge in [-0.3, -0.25) is 4.79 Å². The molecule has 2 N–H and O–H groups in total. The van der Waals surface area contributed by atoms with Gasteiger partial charge in [-0.2, -0.15) is 0 Å². The van der Waals surface area contributed by atoms with E-state index in [0.717, 1.165) is 6.54 Å². The van der Waals surface area contributed by atoms with Crippen LogP contribution in [0.25, 0.3) is 0 Å². The summed E-state index contributed by atoms with van der Waals surface area (Å²) in [6, 6.07) is 5.06. The van der Waals surface area contributed by atoms with Crippen molar-refractivity contribution in [2.75, 3.05) is 19.7 Å². The SMILES string of the molecule is CCN[C@H](C)CNC(=O)COc1cc(Cl)cc(Cl)c1. The van der Waals surface area contributed by atoms with Crippen molar-refractivity contribution in [2.24, 2.45) is 0 Å². The van der Waals surface area contributed by atoms with Gasteiger partial charge in [0.25, 0.3) is 5.91 Å². The van der Waals surface area contributed by atoms with Crippen LogP contribution >= 0.6 is 23.2 Å². The molecule has 106 valence electrons. The Kier molecular flexibility index (Phi) is 6.99. The van der Waals surface area contributed by atoms with E-state index in [0.29, 0.717) is 22.3 Å². The predicted octanol–water partition coefficient (Wildman–Crippen LogP) is 2.49. The lowest BCUT2D eigenvalue weighted by atomic mass is 10.3. The molecule has 0 unspecified atom stereocenters. The van der Waals surface area contributed by atoms with Crippen molar-refractivity contribution in [2.45, 2.75) is 19.9 Å². The van der Waals surface area contributed by atoms with Crippen LogP contribution in [0.5, 0.6) is 5.75 Å². The fourth-order valence-electron chi connectivity index (χ4n) is 1.50. The van der Waals surface area contributed by atoms with Crippen molar-refractivity contribution in [1.82, 2.24) is 10.6 Å². The maximum Gasteiger partial charge on any atom is 0.257 e. The molecule has 0 aromatic heterocycles. The monoisotopic (exact) mass is 304 g/mol. The first-order valence-electron chi connectivity index (χ1n) is 6.10. The van der Waals surface area contributed by atoms with Crippen molar-refractivity contribution in [3.05, 3.63) is 28.2 Å². The third kappa shape index (κ3) is 6.66. The molecule has 0 spiro atoms. The minimum Gasteiger partial charge on any atom is -0.484 e. The van der Waals surface area contributed by atoms with E-state index in [1.807, 2.05) is 13.8 Å². The van der Waals surface area contributed by atoms with Gasteiger partial charge in [-0.1, -0.05) is 30.1 Å². The first kappa shape index (κ1) is 16.1. The molecule has 0 saturated carbocycles. The number of hydrogen-bond donors (Lipinski definition) is 2. The van der Waals surface area contributed by atoms with Crippen molar-refractivity contribution >= 4 is 29.1 Å². The highest BCUT2D eigenvalue weighted by Gasteiger charge is 2.06. The van der Waals surface area contributed by atoms with E-state index in [2.05, 4.69) is 10.6 Å². The van der Waals surface area contributed by atoms with Crippen LogP contribution in [-0.2, 0) is 4.79 Å². The van der Waals surface area contributed by atoms with Crippen LogP contribution in [0.4, 0.5) is 0 Å². The van der Waals surface area contributed by atoms with E-state index in [-0.39, 0.29) is 18.6 Å². The van der Waals surface area contributed by atoms with Gasteiger partial charge in [0.1, 0.15) is 5.75 Å². The van der Waals surface area contributed by atoms with Gasteiger partial charge in [0.15, 0.2) is 6.61 Å². The molecule has 0 radical (unpaired) electrons. The number of halogens is 2. The summed E-state index contributed by atoms with van der Waals surface area (Å²) in [5, 5.41) is 6.92. The van der Waals surface area contributed by atoms with Crippen LogP contribution in [-0.4, -0.2) is 31.6 Å². The number of likely N-dealkylation sites (N-methyl/N-ethyl adjacent to an activating group) is 1. The molecular weight excluding hydrogens is 287 g/mol. The third-order valence-electron chi connectivity index (χ3n) is 2.36. The lowest BCUT2D eigenvalue weighted by Gasteiger charge is -2.13. The van der Waals surface area contributed by atoms with E-state index >= 15 is 0 Å². The van der Waals surface area contributed by atoms with Gasteiger partial charge in [0.05, 0.1) is 0 Å². The molecule has 0 aliphatic heterocycles. The molecule has 1 aromatic rings. The zero-order valence-corrected chi connectivity index (χ0v) is 12.5. The fourth-order valence-corrected chi connectivity index (χ4v) is 2.01. The molecule has 1 atom stereocenters. The number of benzene rings is 1. The highest BCUT2D eigenvalue weighted by atomic mass is 35.5. The van der Waals surface area contributed by atoms with E-state index in [4.69, 9.17) is 27.9 Å². The minimum atomic E-state index is -0.180. The topological polar surface area (TPSA) is 50.4 Å². The first-order valence-corrected chi connectivity index (χ1v) is 6.85. The summed E-state index contributed by atoms with van der Waals surface area (Å²) in [7, 11) is 0. The maximum atomic E-state index is 11.6. The Morgan fingerprint density at radius 3 is 2.53 bits per heavy atom. The number of hydrogen-bond acceptors (Lipinski definition) is 3. The van der Waals surface area contributed by atoms with Crippen molar-refractivity contribution in [3.63, 3.8) is 0 Å². The van der Waals surface area contributed by atoms with Crippen LogP contribution in [0.15, 0.2) is 18.2 Å². The Bertz CT molecular complexity index is 407. The second kappa shape index (κ2) is 8.25. The van der Waals surface area contributed by atoms with Crippen molar-refractivity contribution < 1.29 is 9.53 Å². The Morgan fingerprint density at radius 2 is 1.95 bits per heavy atom. The molecule has 19 heavy (non-hydrogen) atoms. The molecule has 6 heteroatoms. The van der Waals surface area contributed by atoms with Crippen LogP contribution in [0.3, 0.4) is 0 Å². The Balaban J connectivity index is 2.33. The summed E-state index contributed by atoms with van der Waals surface area (Å²) in [4.78, 5) is 11.6. The molecule has 0 aliphatic carbocycles. The average molecular weight is 305 g/mol. The molecule has 1 amide bonds. The molecular formula is C13H18Cl2N2O2. The lowest BCUT2D eigenvalue weighted by molar-refractivity contribution is -0.123. The molecule has 0 fully saturated rings. The molecule has 0 aliphatic rings. The van der Waals surface area contributed by atoms with Crippen molar-refractivity contribution in [3.8, 4) is 5.75 Å². The zero-order valence-electron chi connectivity index (χ0n) is 11.0. The smallest absolute Gasteiger partial charge is 0.257 e. The molecule has 4 nitrogen and oxygen atoms in total. The summed E-state index contributed by atoms with van der Waals surface area (Å²) in [6.45, 7) is 5.39. The fraction of sp³-hybridized carbons (Fsp3) is 0.462. The van der Waals surface area contributed by atoms with Gasteiger partial charge in [-0.15, -0.1) is 0 Å². The van der Waals surface area contributed by atoms with E-state index in [1.54, 1.807) is 18.2 Å². The van der Waals surface area contributed by atoms with Gasteiger partial charge in [0.2, 0.25) is 0 Å². The van der Waals surface area contributed by atoms with Crippen LogP contribution < -0.4 is 15.4 Å². The quantitative estimate of drug-likeness (QED) is 0.814. The highest BCUT2D eigenvalue weighted by molar-refractivity contribution is 6.34. The largest absolute Gasteiger partial charge is 0.484 e. The van der Waals surface area contributed by atoms with E-state index < -0.39 is 0 Å². The first-order chi connectivity index (χ1) is 9.01. The van der Waals surface area contributed by atoms with Gasteiger partial charge in [-0.05, 0) is 31.7 Å². The molecule has 0 heterocycles. The minimum absolute atomic E-state index is 0.0600. The average Bonchev–Trinajstić information content (AvgIpc) is 2.33. The normalized spacial score (nSPS) is 12.0. The maximum absolute atomic E-state index is 11.6. The van der Waals surface area contributed by atoms with Crippen molar-refractivity contribution in [1.29, 1.82) is 0 Å². The number of rotatable bonds is 7. The van der Waals surface area contributed by atoms with Gasteiger partial charge in [0, 0.05) is 22.6 Å². The zero-order chi connectivity index (χ0) is 14.3. The molecule has 1 aromatic carbocycles. The van der Waals surface area contributed by atoms with Gasteiger partial charge in [-0.25, -0.2) is 0 Å². The van der Waals surface area contributed by atoms with E-state index in [1.165, 1.54) is 0 Å². The number of nitrogens with one attached hydrogen (secondary N) is 2. The highest BCUT2D eigenvalue weighted by Crippen LogP contribution is 2.23. The predicted molar refractivity (Wildman–Crippen MR) is 78.1 cm³/mol. The number of carbonyl (C=O) groups excluding carboxylic acids is 1. The Morgan fingerprint density at radius 1 is 1.32 bits per heavy atom. The molecule has 1 rings (SSSR count). The summed E-state index contributed by atoms with van der Waals surface area (Å²) in [5.74, 6) is 0.299. The molecule has 0 saturated heterocycles. The van der Waals surface area contributed by atoms with Crippen LogP contribution in [0.1, 0.15) is 13.8 Å². The Hall–Kier alpha value is -0.970. The van der Waals surface area contributed by atoms with Crippen LogP contribution in [0, 0.1) is 0 Å². The number of amides is 1. The summed E-state index contributed by atoms with van der Waals surface area (Å²) >= 11 is 11.7. The summed E-state index contributed by atoms with van der Waals surface area (Å²) < 4.78 is 5.32.